The van der Waals surface area contributed by atoms with Crippen LogP contribution in [0.5, 0.6) is 11.5 Å². The van der Waals surface area contributed by atoms with Crippen LogP contribution in [-0.2, 0) is 0 Å². The molecule has 5 heteroatoms. The molecule has 4 N–H and O–H groups in total. The molecule has 0 heterocycles. The van der Waals surface area contributed by atoms with Crippen LogP contribution in [-0.4, -0.2) is 26.4 Å². The summed E-state index contributed by atoms with van der Waals surface area (Å²) in [6, 6.07) is 1.93. The van der Waals surface area contributed by atoms with E-state index in [0.717, 1.165) is 12.1 Å². The van der Waals surface area contributed by atoms with Gasteiger partial charge in [-0.2, -0.15) is 0 Å². The Morgan fingerprint density at radius 3 is 2.29 bits per heavy atom. The minimum absolute atomic E-state index is 0.0696. The SMILES string of the molecule is CC(O)c1cc(C(=O)O)c(O)cc1O. The van der Waals surface area contributed by atoms with E-state index in [1.165, 1.54) is 6.92 Å². The van der Waals surface area contributed by atoms with E-state index in [4.69, 9.17) is 15.3 Å². The van der Waals surface area contributed by atoms with E-state index in [0.29, 0.717) is 0 Å². The molecule has 1 atom stereocenters. The number of benzene rings is 1. The largest absolute Gasteiger partial charge is 0.507 e. The third kappa shape index (κ3) is 1.77. The number of rotatable bonds is 2. The molecule has 0 spiro atoms. The van der Waals surface area contributed by atoms with E-state index in [1.54, 1.807) is 0 Å². The summed E-state index contributed by atoms with van der Waals surface area (Å²) < 4.78 is 0. The molecular weight excluding hydrogens is 188 g/mol. The van der Waals surface area contributed by atoms with Crippen LogP contribution in [0.1, 0.15) is 28.9 Å². The van der Waals surface area contributed by atoms with Gasteiger partial charge in [0.15, 0.2) is 0 Å². The van der Waals surface area contributed by atoms with Crippen LogP contribution >= 0.6 is 0 Å². The minimum atomic E-state index is -1.32. The van der Waals surface area contributed by atoms with Crippen molar-refractivity contribution in [2.45, 2.75) is 13.0 Å². The lowest BCUT2D eigenvalue weighted by Gasteiger charge is -2.09. The number of aliphatic hydroxyl groups is 1. The average Bonchev–Trinajstić information content (AvgIpc) is 2.02. The van der Waals surface area contributed by atoms with Crippen LogP contribution in [0, 0.1) is 0 Å². The molecule has 0 fully saturated rings. The lowest BCUT2D eigenvalue weighted by molar-refractivity contribution is 0.0693. The maximum Gasteiger partial charge on any atom is 0.339 e. The van der Waals surface area contributed by atoms with E-state index < -0.39 is 17.8 Å². The van der Waals surface area contributed by atoms with Crippen LogP contribution in [0.2, 0.25) is 0 Å². The number of aliphatic hydroxyl groups excluding tert-OH is 1. The number of carboxylic acid groups (broad SMARTS) is 1. The molecule has 0 bridgehead atoms. The summed E-state index contributed by atoms with van der Waals surface area (Å²) in [5.41, 5.74) is -0.279. The van der Waals surface area contributed by atoms with Gasteiger partial charge in [0.05, 0.1) is 6.10 Å². The molecule has 0 aliphatic heterocycles. The topological polar surface area (TPSA) is 98.0 Å². The number of hydrogen-bond donors (Lipinski definition) is 4. The molecule has 0 aliphatic carbocycles. The van der Waals surface area contributed by atoms with Crippen LogP contribution < -0.4 is 0 Å². The van der Waals surface area contributed by atoms with E-state index >= 15 is 0 Å². The molecule has 0 aromatic heterocycles. The quantitative estimate of drug-likeness (QED) is 0.564. The number of hydrogen-bond acceptors (Lipinski definition) is 4. The van der Waals surface area contributed by atoms with Gasteiger partial charge in [-0.1, -0.05) is 0 Å². The summed E-state index contributed by atoms with van der Waals surface area (Å²) in [5.74, 6) is -2.17. The lowest BCUT2D eigenvalue weighted by Crippen LogP contribution is -2.00. The Morgan fingerprint density at radius 1 is 1.29 bits per heavy atom. The Labute approximate surface area is 79.9 Å². The Kier molecular flexibility index (Phi) is 2.62. The number of phenolic OH excluding ortho intramolecular Hbond substituents is 1. The average molecular weight is 198 g/mol. The Morgan fingerprint density at radius 2 is 1.86 bits per heavy atom. The van der Waals surface area contributed by atoms with Gasteiger partial charge in [-0.3, -0.25) is 0 Å². The van der Waals surface area contributed by atoms with Gasteiger partial charge in [0.2, 0.25) is 0 Å². The highest BCUT2D eigenvalue weighted by molar-refractivity contribution is 5.91. The van der Waals surface area contributed by atoms with Crippen molar-refractivity contribution in [3.8, 4) is 11.5 Å². The Bertz CT molecular complexity index is 370. The van der Waals surface area contributed by atoms with Crippen LogP contribution in [0.25, 0.3) is 0 Å². The van der Waals surface area contributed by atoms with E-state index in [1.807, 2.05) is 0 Å². The molecule has 76 valence electrons. The summed E-state index contributed by atoms with van der Waals surface area (Å²) in [4.78, 5) is 10.6. The molecule has 0 aliphatic rings. The number of carboxylic acids is 1. The molecule has 5 nitrogen and oxygen atoms in total. The minimum Gasteiger partial charge on any atom is -0.507 e. The molecule has 1 aromatic rings. The summed E-state index contributed by atoms with van der Waals surface area (Å²) >= 11 is 0. The van der Waals surface area contributed by atoms with Gasteiger partial charge in [0, 0.05) is 11.6 Å². The van der Waals surface area contributed by atoms with E-state index in [-0.39, 0.29) is 16.9 Å². The van der Waals surface area contributed by atoms with Crippen molar-refractivity contribution in [2.24, 2.45) is 0 Å². The van der Waals surface area contributed by atoms with E-state index in [2.05, 4.69) is 0 Å². The fourth-order valence-electron chi connectivity index (χ4n) is 1.10. The van der Waals surface area contributed by atoms with Crippen molar-refractivity contribution >= 4 is 5.97 Å². The molecule has 1 unspecified atom stereocenters. The third-order valence-corrected chi connectivity index (χ3v) is 1.83. The predicted molar refractivity (Wildman–Crippen MR) is 47.4 cm³/mol. The zero-order valence-electron chi connectivity index (χ0n) is 7.43. The highest BCUT2D eigenvalue weighted by atomic mass is 16.4. The lowest BCUT2D eigenvalue weighted by atomic mass is 10.0. The van der Waals surface area contributed by atoms with Crippen molar-refractivity contribution in [3.05, 3.63) is 23.3 Å². The second-order valence-corrected chi connectivity index (χ2v) is 2.91. The standard InChI is InChI=1S/C9H10O5/c1-4(10)5-2-6(9(13)14)8(12)3-7(5)11/h2-4,10-12H,1H3,(H,13,14). The smallest absolute Gasteiger partial charge is 0.339 e. The molecule has 0 amide bonds. The highest BCUT2D eigenvalue weighted by Gasteiger charge is 2.16. The fraction of sp³-hybridized carbons (Fsp3) is 0.222. The van der Waals surface area contributed by atoms with Crippen LogP contribution in [0.4, 0.5) is 0 Å². The second kappa shape index (κ2) is 3.55. The maximum atomic E-state index is 10.6. The molecule has 1 aromatic carbocycles. The van der Waals surface area contributed by atoms with Gasteiger partial charge in [0.25, 0.3) is 0 Å². The number of aromatic hydroxyl groups is 2. The van der Waals surface area contributed by atoms with Gasteiger partial charge in [-0.05, 0) is 13.0 Å². The first-order valence-corrected chi connectivity index (χ1v) is 3.90. The van der Waals surface area contributed by atoms with Gasteiger partial charge in [-0.15, -0.1) is 0 Å². The maximum absolute atomic E-state index is 10.6. The predicted octanol–water partition coefficient (Wildman–Crippen LogP) is 0.849. The normalized spacial score (nSPS) is 12.4. The fourth-order valence-corrected chi connectivity index (χ4v) is 1.10. The van der Waals surface area contributed by atoms with E-state index in [9.17, 15) is 9.90 Å². The molecular formula is C9H10O5. The zero-order chi connectivity index (χ0) is 10.9. The third-order valence-electron chi connectivity index (χ3n) is 1.83. The van der Waals surface area contributed by atoms with Gasteiger partial charge in [-0.25, -0.2) is 4.79 Å². The van der Waals surface area contributed by atoms with Gasteiger partial charge < -0.3 is 20.4 Å². The molecule has 0 saturated carbocycles. The first-order valence-electron chi connectivity index (χ1n) is 3.90. The summed E-state index contributed by atoms with van der Waals surface area (Å²) in [6.45, 7) is 1.39. The van der Waals surface area contributed by atoms with Crippen molar-refractivity contribution in [2.75, 3.05) is 0 Å². The molecule has 0 radical (unpaired) electrons. The van der Waals surface area contributed by atoms with Gasteiger partial charge in [0.1, 0.15) is 17.1 Å². The van der Waals surface area contributed by atoms with Gasteiger partial charge >= 0.3 is 5.97 Å². The zero-order valence-corrected chi connectivity index (χ0v) is 7.43. The van der Waals surface area contributed by atoms with Crippen molar-refractivity contribution in [3.63, 3.8) is 0 Å². The van der Waals surface area contributed by atoms with Crippen LogP contribution in [0.3, 0.4) is 0 Å². The Hall–Kier alpha value is -1.75. The second-order valence-electron chi connectivity index (χ2n) is 2.91. The Balaban J connectivity index is 3.34. The number of aromatic carboxylic acids is 1. The molecule has 14 heavy (non-hydrogen) atoms. The summed E-state index contributed by atoms with van der Waals surface area (Å²) in [7, 11) is 0. The number of carbonyl (C=O) groups is 1. The van der Waals surface area contributed by atoms with Crippen molar-refractivity contribution < 1.29 is 25.2 Å². The molecule has 0 saturated heterocycles. The summed E-state index contributed by atoms with van der Waals surface area (Å²) in [6.07, 6.45) is -0.992. The van der Waals surface area contributed by atoms with Crippen molar-refractivity contribution in [1.82, 2.24) is 0 Å². The highest BCUT2D eigenvalue weighted by Crippen LogP contribution is 2.31. The van der Waals surface area contributed by atoms with Crippen molar-refractivity contribution in [1.29, 1.82) is 0 Å². The first kappa shape index (κ1) is 10.3. The van der Waals surface area contributed by atoms with Crippen LogP contribution in [0.15, 0.2) is 12.1 Å². The summed E-state index contributed by atoms with van der Waals surface area (Å²) in [5, 5.41) is 36.2. The monoisotopic (exact) mass is 198 g/mol. The first-order chi connectivity index (χ1) is 6.43. The molecule has 1 rings (SSSR count). The number of phenols is 2.